The molecule has 0 radical (unpaired) electrons. The molecular weight excluding hydrogens is 363 g/mol. The van der Waals surface area contributed by atoms with Crippen molar-refractivity contribution in [3.8, 4) is 0 Å². The number of nitrogens with zero attached hydrogens (tertiary/aromatic N) is 4. The zero-order chi connectivity index (χ0) is 19.8. The van der Waals surface area contributed by atoms with Crippen LogP contribution < -0.4 is 5.32 Å². The Kier molecular flexibility index (Phi) is 5.45. The summed E-state index contributed by atoms with van der Waals surface area (Å²) in [6.45, 7) is 0.931. The highest BCUT2D eigenvalue weighted by Gasteiger charge is 2.40. The van der Waals surface area contributed by atoms with Crippen molar-refractivity contribution in [2.24, 2.45) is 0 Å². The molecule has 2 amide bonds. The lowest BCUT2D eigenvalue weighted by atomic mass is 9.95. The Balaban J connectivity index is 1.78. The van der Waals surface area contributed by atoms with Gasteiger partial charge in [0, 0.05) is 37.9 Å². The zero-order valence-electron chi connectivity index (χ0n) is 15.5. The number of piperazine rings is 1. The number of likely N-dealkylation sites (N-methyl/N-ethyl adjacent to an activating group) is 2. The van der Waals surface area contributed by atoms with Gasteiger partial charge in [-0.15, -0.1) is 0 Å². The second kappa shape index (κ2) is 7.49. The zero-order valence-corrected chi connectivity index (χ0v) is 15.5. The van der Waals surface area contributed by atoms with E-state index in [1.807, 2.05) is 4.90 Å². The van der Waals surface area contributed by atoms with Crippen LogP contribution in [0.15, 0.2) is 0 Å². The molecule has 1 N–H and O–H groups in total. The van der Waals surface area contributed by atoms with Crippen molar-refractivity contribution in [2.75, 3.05) is 33.7 Å². The van der Waals surface area contributed by atoms with Crippen molar-refractivity contribution >= 4 is 11.8 Å². The number of fused-ring (bicyclic) bond motifs is 1. The normalized spacial score (nSPS) is 21.1. The Morgan fingerprint density at radius 1 is 1.22 bits per heavy atom. The molecule has 1 aliphatic heterocycles. The van der Waals surface area contributed by atoms with Crippen molar-refractivity contribution in [3.63, 3.8) is 0 Å². The van der Waals surface area contributed by atoms with Gasteiger partial charge in [-0.25, -0.2) is 0 Å². The molecule has 27 heavy (non-hydrogen) atoms. The van der Waals surface area contributed by atoms with Gasteiger partial charge in [-0.3, -0.25) is 19.2 Å². The van der Waals surface area contributed by atoms with Crippen molar-refractivity contribution in [1.29, 1.82) is 0 Å². The maximum Gasteiger partial charge on any atom is 0.435 e. The molecule has 0 aromatic carbocycles. The Hall–Kier alpha value is -2.10. The molecule has 1 atom stereocenters. The Morgan fingerprint density at radius 2 is 1.93 bits per heavy atom. The number of amides is 2. The van der Waals surface area contributed by atoms with Crippen LogP contribution in [0.4, 0.5) is 13.2 Å². The molecule has 0 spiro atoms. The quantitative estimate of drug-likeness (QED) is 0.828. The first-order valence-electron chi connectivity index (χ1n) is 9.07. The monoisotopic (exact) mass is 387 g/mol. The van der Waals surface area contributed by atoms with Gasteiger partial charge in [0.1, 0.15) is 12.6 Å². The molecule has 0 unspecified atom stereocenters. The molecule has 2 heterocycles. The summed E-state index contributed by atoms with van der Waals surface area (Å²) in [5.74, 6) is -0.507. The van der Waals surface area contributed by atoms with Crippen LogP contribution >= 0.6 is 0 Å². The fourth-order valence-electron chi connectivity index (χ4n) is 3.81. The van der Waals surface area contributed by atoms with Crippen LogP contribution in [-0.2, 0) is 35.2 Å². The van der Waals surface area contributed by atoms with E-state index in [1.54, 1.807) is 7.05 Å². The molecule has 2 aliphatic rings. The predicted octanol–water partition coefficient (Wildman–Crippen LogP) is 0.669. The third-order valence-electron chi connectivity index (χ3n) is 5.36. The fourth-order valence-corrected chi connectivity index (χ4v) is 3.81. The van der Waals surface area contributed by atoms with E-state index in [9.17, 15) is 22.8 Å². The molecule has 3 rings (SSSR count). The van der Waals surface area contributed by atoms with Crippen LogP contribution in [0, 0.1) is 0 Å². The molecule has 1 fully saturated rings. The first-order chi connectivity index (χ1) is 12.7. The van der Waals surface area contributed by atoms with E-state index < -0.39 is 17.9 Å². The highest BCUT2D eigenvalue weighted by Crippen LogP contribution is 2.35. The van der Waals surface area contributed by atoms with Gasteiger partial charge in [-0.1, -0.05) is 0 Å². The number of carbonyl (C=O) groups excluding carboxylic acids is 2. The minimum atomic E-state index is -4.52. The second-order valence-electron chi connectivity index (χ2n) is 7.09. The van der Waals surface area contributed by atoms with Crippen molar-refractivity contribution in [3.05, 3.63) is 17.0 Å². The molecule has 0 bridgehead atoms. The summed E-state index contributed by atoms with van der Waals surface area (Å²) >= 11 is 0. The van der Waals surface area contributed by atoms with Gasteiger partial charge in [0.15, 0.2) is 5.69 Å². The fraction of sp³-hybridized carbons (Fsp3) is 0.706. The number of hydrogen-bond donors (Lipinski definition) is 1. The number of halogens is 3. The Morgan fingerprint density at radius 3 is 2.59 bits per heavy atom. The largest absolute Gasteiger partial charge is 0.435 e. The topological polar surface area (TPSA) is 70.5 Å². The van der Waals surface area contributed by atoms with Gasteiger partial charge in [-0.05, 0) is 32.7 Å². The maximum atomic E-state index is 13.3. The van der Waals surface area contributed by atoms with Gasteiger partial charge in [0.25, 0.3) is 0 Å². The van der Waals surface area contributed by atoms with E-state index in [0.29, 0.717) is 38.0 Å². The van der Waals surface area contributed by atoms with E-state index >= 15 is 0 Å². The van der Waals surface area contributed by atoms with Gasteiger partial charge in [-0.2, -0.15) is 18.3 Å². The van der Waals surface area contributed by atoms with Crippen LogP contribution in [0.2, 0.25) is 0 Å². The summed E-state index contributed by atoms with van der Waals surface area (Å²) in [5.41, 5.74) is -0.131. The van der Waals surface area contributed by atoms with E-state index in [4.69, 9.17) is 0 Å². The van der Waals surface area contributed by atoms with Gasteiger partial charge in [0.05, 0.1) is 0 Å². The smallest absolute Gasteiger partial charge is 0.358 e. The molecule has 10 heteroatoms. The van der Waals surface area contributed by atoms with E-state index in [-0.39, 0.29) is 30.5 Å². The SMILES string of the molecule is CNC(=O)[C@H]1CN(C(=O)Cn2nc(C(F)(F)F)c3c2CCCC3)CCN1C. The van der Waals surface area contributed by atoms with Crippen molar-refractivity contribution < 1.29 is 22.8 Å². The van der Waals surface area contributed by atoms with Crippen LogP contribution in [-0.4, -0.2) is 71.2 Å². The van der Waals surface area contributed by atoms with Crippen LogP contribution in [0.25, 0.3) is 0 Å². The average Bonchev–Trinajstić information content (AvgIpc) is 3.00. The number of aromatic nitrogens is 2. The molecule has 7 nitrogen and oxygen atoms in total. The van der Waals surface area contributed by atoms with E-state index in [1.165, 1.54) is 16.6 Å². The predicted molar refractivity (Wildman–Crippen MR) is 90.9 cm³/mol. The van der Waals surface area contributed by atoms with Gasteiger partial charge in [0.2, 0.25) is 11.8 Å². The summed E-state index contributed by atoms with van der Waals surface area (Å²) < 4.78 is 41.1. The van der Waals surface area contributed by atoms with Crippen LogP contribution in [0.3, 0.4) is 0 Å². The van der Waals surface area contributed by atoms with Gasteiger partial charge >= 0.3 is 6.18 Å². The minimum absolute atomic E-state index is 0.189. The number of nitrogens with one attached hydrogen (secondary N) is 1. The maximum absolute atomic E-state index is 13.3. The van der Waals surface area contributed by atoms with E-state index in [0.717, 1.165) is 6.42 Å². The first kappa shape index (κ1) is 19.7. The molecule has 1 saturated heterocycles. The van der Waals surface area contributed by atoms with Crippen molar-refractivity contribution in [1.82, 2.24) is 24.9 Å². The molecular formula is C17H24F3N5O2. The number of alkyl halides is 3. The summed E-state index contributed by atoms with van der Waals surface area (Å²) in [5, 5.41) is 6.31. The van der Waals surface area contributed by atoms with Crippen LogP contribution in [0.1, 0.15) is 29.8 Å². The molecule has 150 valence electrons. The summed E-state index contributed by atoms with van der Waals surface area (Å²) in [4.78, 5) is 28.1. The lowest BCUT2D eigenvalue weighted by Crippen LogP contribution is -2.58. The summed E-state index contributed by atoms with van der Waals surface area (Å²) in [7, 11) is 3.34. The minimum Gasteiger partial charge on any atom is -0.358 e. The molecule has 1 aromatic rings. The highest BCUT2D eigenvalue weighted by atomic mass is 19.4. The molecule has 1 aromatic heterocycles. The Labute approximate surface area is 155 Å². The van der Waals surface area contributed by atoms with Crippen LogP contribution in [0.5, 0.6) is 0 Å². The molecule has 1 aliphatic carbocycles. The third-order valence-corrected chi connectivity index (χ3v) is 5.36. The summed E-state index contributed by atoms with van der Waals surface area (Å²) in [6, 6.07) is -0.468. The van der Waals surface area contributed by atoms with E-state index in [2.05, 4.69) is 10.4 Å². The lowest BCUT2D eigenvalue weighted by molar-refractivity contribution is -0.143. The number of hydrogen-bond acceptors (Lipinski definition) is 4. The first-order valence-corrected chi connectivity index (χ1v) is 9.07. The lowest BCUT2D eigenvalue weighted by Gasteiger charge is -2.38. The highest BCUT2D eigenvalue weighted by molar-refractivity contribution is 5.83. The average molecular weight is 387 g/mol. The standard InChI is InChI=1S/C17H24F3N5O2/c1-21-16(27)13-9-24(8-7-23(13)2)14(26)10-25-12-6-4-3-5-11(12)15(22-25)17(18,19)20/h13H,3-10H2,1-2H3,(H,21,27)/t13-/m1/s1. The summed E-state index contributed by atoms with van der Waals surface area (Å²) in [6.07, 6.45) is -2.20. The third kappa shape index (κ3) is 3.95. The Bertz CT molecular complexity index is 731. The molecule has 0 saturated carbocycles. The van der Waals surface area contributed by atoms with Gasteiger partial charge < -0.3 is 10.2 Å². The number of rotatable bonds is 3. The second-order valence-corrected chi connectivity index (χ2v) is 7.09. The van der Waals surface area contributed by atoms with Crippen molar-refractivity contribution in [2.45, 2.75) is 44.4 Å². The number of carbonyl (C=O) groups is 2.